The smallest absolute Gasteiger partial charge is 0.316 e. The van der Waals surface area contributed by atoms with Crippen LogP contribution in [0.4, 0.5) is 13.2 Å². The van der Waals surface area contributed by atoms with Crippen molar-refractivity contribution in [3.63, 3.8) is 0 Å². The van der Waals surface area contributed by atoms with E-state index < -0.39 is 12.1 Å². The van der Waals surface area contributed by atoms with Gasteiger partial charge in [-0.25, -0.2) is 0 Å². The Morgan fingerprint density at radius 1 is 1.09 bits per heavy atom. The number of alkyl halides is 3. The second-order valence-corrected chi connectivity index (χ2v) is 3.05. The third kappa shape index (κ3) is 1.34. The van der Waals surface area contributed by atoms with Crippen molar-refractivity contribution in [3.05, 3.63) is 0 Å². The van der Waals surface area contributed by atoms with Crippen LogP contribution in [0.2, 0.25) is 0 Å². The second-order valence-electron chi connectivity index (χ2n) is 3.05. The summed E-state index contributed by atoms with van der Waals surface area (Å²) in [7, 11) is 0. The zero-order chi connectivity index (χ0) is 7.35. The van der Waals surface area contributed by atoms with Gasteiger partial charge in [0.25, 0.3) is 0 Å². The second kappa shape index (κ2) is 2.52. The Morgan fingerprint density at radius 3 is 1.82 bits per heavy atom. The van der Waals surface area contributed by atoms with Gasteiger partial charge < -0.3 is 5.32 Å². The van der Waals surface area contributed by atoms with Crippen LogP contribution in [0.25, 0.3) is 0 Å². The number of hydrogen-bond donors (Lipinski definition) is 1. The highest BCUT2D eigenvalue weighted by molar-refractivity contribution is 5.85. The molecule has 0 bridgehead atoms. The van der Waals surface area contributed by atoms with E-state index in [0.29, 0.717) is 13.1 Å². The fourth-order valence-corrected chi connectivity index (χ4v) is 1.90. The van der Waals surface area contributed by atoms with E-state index in [4.69, 9.17) is 0 Å². The zero-order valence-corrected chi connectivity index (χ0v) is 6.50. The number of piperidine rings is 1. The molecule has 0 aromatic heterocycles. The molecule has 2 rings (SSSR count). The van der Waals surface area contributed by atoms with Crippen LogP contribution >= 0.6 is 12.4 Å². The maximum Gasteiger partial charge on any atom is 0.392 e. The fourth-order valence-electron chi connectivity index (χ4n) is 1.90. The van der Waals surface area contributed by atoms with E-state index in [1.807, 2.05) is 0 Å². The van der Waals surface area contributed by atoms with Gasteiger partial charge in [-0.05, 0) is 24.9 Å². The highest BCUT2D eigenvalue weighted by Crippen LogP contribution is 2.56. The van der Waals surface area contributed by atoms with Gasteiger partial charge in [0, 0.05) is 0 Å². The summed E-state index contributed by atoms with van der Waals surface area (Å²) >= 11 is 0. The summed E-state index contributed by atoms with van der Waals surface area (Å²) in [5.74, 6) is -1.17. The molecule has 0 aromatic carbocycles. The number of halogens is 4. The largest absolute Gasteiger partial charge is 0.392 e. The van der Waals surface area contributed by atoms with Gasteiger partial charge in [-0.1, -0.05) is 0 Å². The molecule has 1 heterocycles. The van der Waals surface area contributed by atoms with Crippen LogP contribution in [0.15, 0.2) is 0 Å². The molecule has 0 amide bonds. The minimum absolute atomic E-state index is 0. The van der Waals surface area contributed by atoms with E-state index in [1.54, 1.807) is 0 Å². The first-order valence-electron chi connectivity index (χ1n) is 3.38. The first-order chi connectivity index (χ1) is 4.61. The molecule has 1 aliphatic carbocycles. The molecule has 1 saturated heterocycles. The maximum absolute atomic E-state index is 11.9. The lowest BCUT2D eigenvalue weighted by molar-refractivity contribution is -0.154. The zero-order valence-electron chi connectivity index (χ0n) is 5.69. The van der Waals surface area contributed by atoms with E-state index >= 15 is 0 Å². The van der Waals surface area contributed by atoms with Gasteiger partial charge in [0.05, 0.1) is 5.92 Å². The van der Waals surface area contributed by atoms with E-state index in [0.717, 1.165) is 0 Å². The molecule has 0 aromatic rings. The summed E-state index contributed by atoms with van der Waals surface area (Å²) in [4.78, 5) is 0. The number of rotatable bonds is 0. The molecule has 5 heteroatoms. The molecule has 0 spiro atoms. The minimum Gasteiger partial charge on any atom is -0.316 e. The molecule has 1 nitrogen and oxygen atoms in total. The predicted octanol–water partition coefficient (Wildman–Crippen LogP) is 1.44. The van der Waals surface area contributed by atoms with Gasteiger partial charge in [-0.2, -0.15) is 13.2 Å². The van der Waals surface area contributed by atoms with Crippen LogP contribution in [0, 0.1) is 17.8 Å². The Bertz CT molecular complexity index is 148. The SMILES string of the molecule is Cl.FC(F)(F)C1[C@H]2CNC[C@@H]12. The molecule has 2 fully saturated rings. The summed E-state index contributed by atoms with van der Waals surface area (Å²) < 4.78 is 35.8. The summed E-state index contributed by atoms with van der Waals surface area (Å²) in [6, 6.07) is 0. The van der Waals surface area contributed by atoms with Crippen LogP contribution in [-0.4, -0.2) is 19.3 Å². The molecule has 1 unspecified atom stereocenters. The quantitative estimate of drug-likeness (QED) is 0.605. The van der Waals surface area contributed by atoms with Crippen molar-refractivity contribution in [2.75, 3.05) is 13.1 Å². The third-order valence-electron chi connectivity index (χ3n) is 2.47. The van der Waals surface area contributed by atoms with Crippen molar-refractivity contribution in [1.82, 2.24) is 5.32 Å². The summed E-state index contributed by atoms with van der Waals surface area (Å²) in [5, 5.41) is 2.92. The molecule has 2 aliphatic rings. The first-order valence-corrected chi connectivity index (χ1v) is 3.38. The molecule has 1 aliphatic heterocycles. The number of fused-ring (bicyclic) bond motifs is 1. The maximum atomic E-state index is 11.9. The Kier molecular flexibility index (Phi) is 2.09. The topological polar surface area (TPSA) is 12.0 Å². The molecular formula is C6H9ClF3N. The van der Waals surface area contributed by atoms with Crippen molar-refractivity contribution >= 4 is 12.4 Å². The average molecular weight is 188 g/mol. The van der Waals surface area contributed by atoms with Gasteiger partial charge in [-0.15, -0.1) is 12.4 Å². The minimum atomic E-state index is -3.93. The van der Waals surface area contributed by atoms with Crippen molar-refractivity contribution < 1.29 is 13.2 Å². The van der Waals surface area contributed by atoms with Gasteiger partial charge >= 0.3 is 6.18 Å². The predicted molar refractivity (Wildman–Crippen MR) is 36.6 cm³/mol. The molecule has 0 radical (unpaired) electrons. The highest BCUT2D eigenvalue weighted by atomic mass is 35.5. The van der Waals surface area contributed by atoms with Crippen molar-refractivity contribution in [1.29, 1.82) is 0 Å². The normalized spacial score (nSPS) is 41.2. The molecule has 11 heavy (non-hydrogen) atoms. The molecule has 66 valence electrons. The molecule has 1 saturated carbocycles. The summed E-state index contributed by atoms with van der Waals surface area (Å²) in [5.41, 5.74) is 0. The lowest BCUT2D eigenvalue weighted by Gasteiger charge is -2.07. The third-order valence-corrected chi connectivity index (χ3v) is 2.47. The van der Waals surface area contributed by atoms with Gasteiger partial charge in [0.2, 0.25) is 0 Å². The standard InChI is InChI=1S/C6H8F3N.ClH/c7-6(8,9)5-3-1-10-2-4(3)5;/h3-5,10H,1-2H2;1H/t3-,4+,5?;. The monoisotopic (exact) mass is 187 g/mol. The molecule has 3 atom stereocenters. The van der Waals surface area contributed by atoms with E-state index in [-0.39, 0.29) is 24.2 Å². The lowest BCUT2D eigenvalue weighted by Crippen LogP contribution is -2.23. The first kappa shape index (κ1) is 9.13. The van der Waals surface area contributed by atoms with Crippen molar-refractivity contribution in [2.24, 2.45) is 17.8 Å². The highest BCUT2D eigenvalue weighted by Gasteiger charge is 2.65. The van der Waals surface area contributed by atoms with Crippen molar-refractivity contribution in [2.45, 2.75) is 6.18 Å². The van der Waals surface area contributed by atoms with Crippen LogP contribution in [0.5, 0.6) is 0 Å². The van der Waals surface area contributed by atoms with E-state index in [9.17, 15) is 13.2 Å². The molecular weight excluding hydrogens is 179 g/mol. The van der Waals surface area contributed by atoms with Crippen molar-refractivity contribution in [3.8, 4) is 0 Å². The van der Waals surface area contributed by atoms with Gasteiger partial charge in [-0.3, -0.25) is 0 Å². The summed E-state index contributed by atoms with van der Waals surface area (Å²) in [6.07, 6.45) is -3.93. The Hall–Kier alpha value is 0.0400. The van der Waals surface area contributed by atoms with Crippen LogP contribution in [-0.2, 0) is 0 Å². The van der Waals surface area contributed by atoms with Gasteiger partial charge in [0.15, 0.2) is 0 Å². The lowest BCUT2D eigenvalue weighted by atomic mass is 10.3. The fraction of sp³-hybridized carbons (Fsp3) is 1.00. The van der Waals surface area contributed by atoms with Crippen LogP contribution in [0.3, 0.4) is 0 Å². The Labute approximate surface area is 68.8 Å². The number of hydrogen-bond acceptors (Lipinski definition) is 1. The van der Waals surface area contributed by atoms with E-state index in [1.165, 1.54) is 0 Å². The molecule has 1 N–H and O–H groups in total. The van der Waals surface area contributed by atoms with Gasteiger partial charge in [0.1, 0.15) is 0 Å². The summed E-state index contributed by atoms with van der Waals surface area (Å²) in [6.45, 7) is 1.13. The average Bonchev–Trinajstić information content (AvgIpc) is 2.30. The van der Waals surface area contributed by atoms with Crippen LogP contribution < -0.4 is 5.32 Å². The number of nitrogens with one attached hydrogen (secondary N) is 1. The Morgan fingerprint density at radius 2 is 1.55 bits per heavy atom. The Balaban J connectivity index is 0.000000605. The van der Waals surface area contributed by atoms with E-state index in [2.05, 4.69) is 5.32 Å². The van der Waals surface area contributed by atoms with Crippen LogP contribution in [0.1, 0.15) is 0 Å².